The average Bonchev–Trinajstić information content (AvgIpc) is 2.61. The minimum Gasteiger partial charge on any atom is -0.274 e. The summed E-state index contributed by atoms with van der Waals surface area (Å²) in [5, 5.41) is 21.2. The van der Waals surface area contributed by atoms with E-state index in [9.17, 15) is 9.59 Å². The standard InChI is InChI=1S/C20H34N4O2S2/c1-19(2,7-5-17(25)23-15-21)9-11-27-13-14-28-12-10-20(3,4)8-6-18(26)24-16-22/h5-14H2,1-4H3,(H,23,25)(H,24,26). The van der Waals surface area contributed by atoms with Crippen molar-refractivity contribution in [2.75, 3.05) is 23.0 Å². The van der Waals surface area contributed by atoms with Crippen LogP contribution in [0.5, 0.6) is 0 Å². The first-order valence-electron chi connectivity index (χ1n) is 9.63. The van der Waals surface area contributed by atoms with Crippen LogP contribution in [0.2, 0.25) is 0 Å². The molecule has 2 amide bonds. The number of hydrogen-bond acceptors (Lipinski definition) is 6. The quantitative estimate of drug-likeness (QED) is 0.232. The maximum Gasteiger partial charge on any atom is 0.232 e. The molecule has 8 heteroatoms. The van der Waals surface area contributed by atoms with Crippen LogP contribution in [0, 0.1) is 33.7 Å². The number of hydrogen-bond donors (Lipinski definition) is 2. The average molecular weight is 427 g/mol. The van der Waals surface area contributed by atoms with Crippen LogP contribution in [0.3, 0.4) is 0 Å². The fourth-order valence-electron chi connectivity index (χ4n) is 2.42. The Morgan fingerprint density at radius 2 is 1.07 bits per heavy atom. The number of nitrogens with one attached hydrogen (secondary N) is 2. The van der Waals surface area contributed by atoms with Gasteiger partial charge in [0.2, 0.25) is 11.8 Å². The zero-order valence-electron chi connectivity index (χ0n) is 17.6. The van der Waals surface area contributed by atoms with Crippen LogP contribution < -0.4 is 10.6 Å². The highest BCUT2D eigenvalue weighted by Gasteiger charge is 2.20. The van der Waals surface area contributed by atoms with Gasteiger partial charge in [-0.1, -0.05) is 27.7 Å². The molecule has 158 valence electrons. The lowest BCUT2D eigenvalue weighted by Crippen LogP contribution is -2.21. The third-order valence-electron chi connectivity index (χ3n) is 4.67. The first-order valence-corrected chi connectivity index (χ1v) is 11.9. The van der Waals surface area contributed by atoms with Gasteiger partial charge in [-0.25, -0.2) is 0 Å². The fourth-order valence-corrected chi connectivity index (χ4v) is 5.17. The van der Waals surface area contributed by atoms with Crippen LogP contribution >= 0.6 is 23.5 Å². The lowest BCUT2D eigenvalue weighted by atomic mass is 9.85. The largest absolute Gasteiger partial charge is 0.274 e. The van der Waals surface area contributed by atoms with E-state index >= 15 is 0 Å². The van der Waals surface area contributed by atoms with Crippen molar-refractivity contribution < 1.29 is 9.59 Å². The minimum atomic E-state index is -0.201. The number of carbonyl (C=O) groups is 2. The molecular weight excluding hydrogens is 392 g/mol. The third-order valence-corrected chi connectivity index (χ3v) is 6.90. The maximum absolute atomic E-state index is 11.4. The summed E-state index contributed by atoms with van der Waals surface area (Å²) < 4.78 is 0. The SMILES string of the molecule is CC(C)(CCSCCSCCC(C)(C)CCC(=O)NC#N)CCC(=O)NC#N. The predicted molar refractivity (Wildman–Crippen MR) is 117 cm³/mol. The van der Waals surface area contributed by atoms with Gasteiger partial charge < -0.3 is 0 Å². The summed E-state index contributed by atoms with van der Waals surface area (Å²) in [4.78, 5) is 22.7. The van der Waals surface area contributed by atoms with Gasteiger partial charge in [0.25, 0.3) is 0 Å². The van der Waals surface area contributed by atoms with Gasteiger partial charge in [0.05, 0.1) is 0 Å². The Morgan fingerprint density at radius 1 is 0.714 bits per heavy atom. The van der Waals surface area contributed by atoms with Gasteiger partial charge in [-0.2, -0.15) is 34.0 Å². The Balaban J connectivity index is 3.73. The molecule has 0 fully saturated rings. The summed E-state index contributed by atoms with van der Waals surface area (Å²) in [7, 11) is 0. The molecule has 0 aliphatic rings. The zero-order valence-corrected chi connectivity index (χ0v) is 19.2. The molecule has 0 rings (SSSR count). The predicted octanol–water partition coefficient (Wildman–Crippen LogP) is 4.04. The third kappa shape index (κ3) is 15.7. The summed E-state index contributed by atoms with van der Waals surface area (Å²) in [6, 6.07) is 0. The van der Waals surface area contributed by atoms with E-state index in [-0.39, 0.29) is 22.6 Å². The molecule has 0 aliphatic carbocycles. The van der Waals surface area contributed by atoms with Crippen molar-refractivity contribution in [3.05, 3.63) is 0 Å². The van der Waals surface area contributed by atoms with E-state index in [1.165, 1.54) is 0 Å². The molecule has 0 unspecified atom stereocenters. The van der Waals surface area contributed by atoms with E-state index in [0.29, 0.717) is 12.8 Å². The zero-order chi connectivity index (χ0) is 21.5. The molecule has 0 heterocycles. The van der Waals surface area contributed by atoms with Crippen molar-refractivity contribution >= 4 is 35.3 Å². The molecular formula is C20H34N4O2S2. The first kappa shape index (κ1) is 26.6. The monoisotopic (exact) mass is 426 g/mol. The van der Waals surface area contributed by atoms with Gasteiger partial charge in [-0.3, -0.25) is 20.2 Å². The van der Waals surface area contributed by atoms with Crippen molar-refractivity contribution in [3.63, 3.8) is 0 Å². The maximum atomic E-state index is 11.4. The number of nitrogens with zero attached hydrogens (tertiary/aromatic N) is 2. The topological polar surface area (TPSA) is 106 Å². The molecule has 0 atom stereocenters. The Morgan fingerprint density at radius 3 is 1.39 bits per heavy atom. The van der Waals surface area contributed by atoms with E-state index < -0.39 is 0 Å². The summed E-state index contributed by atoms with van der Waals surface area (Å²) >= 11 is 3.89. The van der Waals surface area contributed by atoms with Gasteiger partial charge in [-0.15, -0.1) is 0 Å². The van der Waals surface area contributed by atoms with Gasteiger partial charge in [-0.05, 0) is 48.0 Å². The van der Waals surface area contributed by atoms with E-state index in [0.717, 1.165) is 48.7 Å². The van der Waals surface area contributed by atoms with E-state index in [2.05, 4.69) is 38.3 Å². The summed E-state index contributed by atoms with van der Waals surface area (Å²) in [5.74, 6) is 3.97. The number of amides is 2. The van der Waals surface area contributed by atoms with Crippen LogP contribution in [0.1, 0.15) is 66.2 Å². The molecule has 0 radical (unpaired) electrons. The molecule has 2 N–H and O–H groups in total. The number of rotatable bonds is 15. The Kier molecular flexibility index (Phi) is 13.9. The van der Waals surface area contributed by atoms with E-state index in [4.69, 9.17) is 10.5 Å². The highest BCUT2D eigenvalue weighted by molar-refractivity contribution is 8.02. The Labute approximate surface area is 178 Å². The number of thioether (sulfide) groups is 2. The summed E-state index contributed by atoms with van der Waals surface area (Å²) in [5.41, 5.74) is 0.212. The van der Waals surface area contributed by atoms with Crippen LogP contribution in [-0.2, 0) is 9.59 Å². The molecule has 0 aromatic carbocycles. The van der Waals surface area contributed by atoms with Crippen molar-refractivity contribution in [3.8, 4) is 12.4 Å². The molecule has 0 spiro atoms. The molecule has 0 saturated carbocycles. The molecule has 0 bridgehead atoms. The van der Waals surface area contributed by atoms with Crippen LogP contribution in [0.4, 0.5) is 0 Å². The highest BCUT2D eigenvalue weighted by Crippen LogP contribution is 2.30. The van der Waals surface area contributed by atoms with Crippen molar-refractivity contribution in [2.24, 2.45) is 10.8 Å². The number of nitriles is 2. The Hall–Kier alpha value is -1.38. The molecule has 0 aromatic heterocycles. The van der Waals surface area contributed by atoms with Crippen LogP contribution in [0.25, 0.3) is 0 Å². The van der Waals surface area contributed by atoms with Crippen LogP contribution in [-0.4, -0.2) is 34.8 Å². The molecule has 0 aromatic rings. The van der Waals surface area contributed by atoms with Gasteiger partial charge >= 0.3 is 0 Å². The molecule has 6 nitrogen and oxygen atoms in total. The minimum absolute atomic E-state index is 0.106. The number of carbonyl (C=O) groups excluding carboxylic acids is 2. The van der Waals surface area contributed by atoms with Crippen molar-refractivity contribution in [2.45, 2.75) is 66.2 Å². The second-order valence-corrected chi connectivity index (χ2v) is 10.8. The smallest absolute Gasteiger partial charge is 0.232 e. The van der Waals surface area contributed by atoms with Crippen LogP contribution in [0.15, 0.2) is 0 Å². The summed E-state index contributed by atoms with van der Waals surface area (Å²) in [6.07, 6.45) is 7.83. The summed E-state index contributed by atoms with van der Waals surface area (Å²) in [6.45, 7) is 8.67. The van der Waals surface area contributed by atoms with Gasteiger partial charge in [0.15, 0.2) is 12.4 Å². The highest BCUT2D eigenvalue weighted by atomic mass is 32.2. The molecule has 0 aliphatic heterocycles. The van der Waals surface area contributed by atoms with Crippen molar-refractivity contribution in [1.29, 1.82) is 10.5 Å². The second-order valence-electron chi connectivity index (χ2n) is 8.37. The molecule has 28 heavy (non-hydrogen) atoms. The second kappa shape index (κ2) is 14.6. The van der Waals surface area contributed by atoms with E-state index in [1.54, 1.807) is 12.4 Å². The fraction of sp³-hybridized carbons (Fsp3) is 0.800. The normalized spacial score (nSPS) is 11.4. The Bertz CT molecular complexity index is 516. The van der Waals surface area contributed by atoms with Crippen molar-refractivity contribution in [1.82, 2.24) is 10.6 Å². The van der Waals surface area contributed by atoms with E-state index in [1.807, 2.05) is 23.5 Å². The lowest BCUT2D eigenvalue weighted by Gasteiger charge is -2.24. The van der Waals surface area contributed by atoms with Gasteiger partial charge in [0, 0.05) is 24.3 Å². The van der Waals surface area contributed by atoms with Gasteiger partial charge in [0.1, 0.15) is 0 Å². The lowest BCUT2D eigenvalue weighted by molar-refractivity contribution is -0.121. The molecule has 0 saturated heterocycles. The first-order chi connectivity index (χ1) is 13.1.